The maximum absolute atomic E-state index is 12.7. The fourth-order valence-corrected chi connectivity index (χ4v) is 3.61. The minimum Gasteiger partial charge on any atom is -0.497 e. The second kappa shape index (κ2) is 9.19. The second-order valence-electron chi connectivity index (χ2n) is 6.21. The Balaban J connectivity index is 1.75. The van der Waals surface area contributed by atoms with E-state index < -0.39 is 15.9 Å². The molecule has 1 heterocycles. The largest absolute Gasteiger partial charge is 0.497 e. The van der Waals surface area contributed by atoms with Crippen LogP contribution in [0.3, 0.4) is 0 Å². The Hall–Kier alpha value is -3.72. The van der Waals surface area contributed by atoms with Gasteiger partial charge in [-0.3, -0.25) is 14.5 Å². The zero-order valence-corrected chi connectivity index (χ0v) is 17.2. The summed E-state index contributed by atoms with van der Waals surface area (Å²) in [4.78, 5) is 16.5. The number of ether oxygens (including phenoxy) is 1. The van der Waals surface area contributed by atoms with Gasteiger partial charge in [-0.15, -0.1) is 0 Å². The molecule has 0 aliphatic heterocycles. The molecule has 2 N–H and O–H groups in total. The first kappa shape index (κ1) is 21.0. The molecule has 30 heavy (non-hydrogen) atoms. The van der Waals surface area contributed by atoms with E-state index in [4.69, 9.17) is 4.74 Å². The van der Waals surface area contributed by atoms with Crippen LogP contribution in [0.4, 0.5) is 5.69 Å². The molecule has 1 aromatic heterocycles. The number of carbonyl (C=O) groups is 1. The molecule has 0 aliphatic carbocycles. The number of amides is 1. The highest BCUT2D eigenvalue weighted by Gasteiger charge is 2.16. The molecule has 8 nitrogen and oxygen atoms in total. The molecular weight excluding hydrogens is 404 g/mol. The van der Waals surface area contributed by atoms with E-state index in [0.717, 1.165) is 0 Å². The number of nitrogens with one attached hydrogen (secondary N) is 2. The van der Waals surface area contributed by atoms with Crippen LogP contribution in [0.5, 0.6) is 5.75 Å². The lowest BCUT2D eigenvalue weighted by Gasteiger charge is -2.10. The molecule has 0 saturated heterocycles. The predicted molar refractivity (Wildman–Crippen MR) is 114 cm³/mol. The molecule has 3 rings (SSSR count). The van der Waals surface area contributed by atoms with Gasteiger partial charge in [-0.05, 0) is 61.5 Å². The van der Waals surface area contributed by atoms with Gasteiger partial charge in [0.1, 0.15) is 5.75 Å². The molecule has 0 fully saturated rings. The van der Waals surface area contributed by atoms with Crippen LogP contribution in [0, 0.1) is 0 Å². The van der Waals surface area contributed by atoms with Crippen molar-refractivity contribution in [1.82, 2.24) is 10.4 Å². The second-order valence-corrected chi connectivity index (χ2v) is 7.90. The fourth-order valence-electron chi connectivity index (χ4n) is 2.51. The standard InChI is InChI=1S/C21H20N4O4S/c1-15(20-8-3-4-13-22-20)23-24-21(26)16-6-5-7-19(14-16)30(27,28)25-17-9-11-18(29-2)12-10-17/h3-14,25H,1-2H3,(H,24,26)/b23-15-. The van der Waals surface area contributed by atoms with Crippen molar-refractivity contribution in [2.75, 3.05) is 11.8 Å². The van der Waals surface area contributed by atoms with Gasteiger partial charge in [0.2, 0.25) is 0 Å². The number of pyridine rings is 1. The lowest BCUT2D eigenvalue weighted by atomic mass is 10.2. The minimum atomic E-state index is -3.88. The van der Waals surface area contributed by atoms with Gasteiger partial charge >= 0.3 is 0 Å². The molecule has 0 radical (unpaired) electrons. The van der Waals surface area contributed by atoms with Crippen molar-refractivity contribution in [1.29, 1.82) is 0 Å². The Morgan fingerprint density at radius 1 is 1.03 bits per heavy atom. The summed E-state index contributed by atoms with van der Waals surface area (Å²) in [5.74, 6) is 0.0740. The van der Waals surface area contributed by atoms with Crippen molar-refractivity contribution in [3.63, 3.8) is 0 Å². The number of aromatic nitrogens is 1. The van der Waals surface area contributed by atoms with E-state index in [2.05, 4.69) is 20.2 Å². The van der Waals surface area contributed by atoms with Crippen LogP contribution in [0.25, 0.3) is 0 Å². The fraction of sp³-hybridized carbons (Fsp3) is 0.0952. The number of nitrogens with zero attached hydrogens (tertiary/aromatic N) is 2. The first-order valence-corrected chi connectivity index (χ1v) is 10.4. The summed E-state index contributed by atoms with van der Waals surface area (Å²) in [6.07, 6.45) is 1.63. The van der Waals surface area contributed by atoms with Crippen LogP contribution in [-0.2, 0) is 10.0 Å². The van der Waals surface area contributed by atoms with E-state index in [1.165, 1.54) is 31.4 Å². The molecule has 0 spiro atoms. The lowest BCUT2D eigenvalue weighted by Crippen LogP contribution is -2.20. The summed E-state index contributed by atoms with van der Waals surface area (Å²) in [6, 6.07) is 17.5. The molecule has 0 unspecified atom stereocenters. The van der Waals surface area contributed by atoms with Gasteiger partial charge in [0, 0.05) is 17.4 Å². The average molecular weight is 424 g/mol. The Morgan fingerprint density at radius 3 is 2.47 bits per heavy atom. The molecule has 0 saturated carbocycles. The molecular formula is C21H20N4O4S. The third-order valence-corrected chi connectivity index (χ3v) is 5.49. The van der Waals surface area contributed by atoms with Gasteiger partial charge in [0.25, 0.3) is 15.9 Å². The Morgan fingerprint density at radius 2 is 1.80 bits per heavy atom. The third kappa shape index (κ3) is 5.21. The summed E-state index contributed by atoms with van der Waals surface area (Å²) in [5.41, 5.74) is 4.10. The van der Waals surface area contributed by atoms with Crippen LogP contribution in [0.2, 0.25) is 0 Å². The zero-order valence-electron chi connectivity index (χ0n) is 16.4. The number of sulfonamides is 1. The number of anilines is 1. The van der Waals surface area contributed by atoms with E-state index in [1.54, 1.807) is 49.5 Å². The Labute approximate surface area is 174 Å². The van der Waals surface area contributed by atoms with Crippen molar-refractivity contribution < 1.29 is 17.9 Å². The number of carbonyl (C=O) groups excluding carboxylic acids is 1. The lowest BCUT2D eigenvalue weighted by molar-refractivity contribution is 0.0954. The molecule has 0 bridgehead atoms. The number of hydrogen-bond donors (Lipinski definition) is 2. The molecule has 1 amide bonds. The van der Waals surface area contributed by atoms with Crippen molar-refractivity contribution in [2.45, 2.75) is 11.8 Å². The van der Waals surface area contributed by atoms with Gasteiger partial charge in [0.05, 0.1) is 23.4 Å². The highest BCUT2D eigenvalue weighted by atomic mass is 32.2. The van der Waals surface area contributed by atoms with Crippen LogP contribution < -0.4 is 14.9 Å². The zero-order chi connectivity index (χ0) is 21.6. The van der Waals surface area contributed by atoms with E-state index in [9.17, 15) is 13.2 Å². The van der Waals surface area contributed by atoms with Crippen molar-refractivity contribution in [2.24, 2.45) is 5.10 Å². The predicted octanol–water partition coefficient (Wildman–Crippen LogP) is 3.05. The summed E-state index contributed by atoms with van der Waals surface area (Å²) >= 11 is 0. The molecule has 9 heteroatoms. The summed E-state index contributed by atoms with van der Waals surface area (Å²) < 4.78 is 32.9. The monoisotopic (exact) mass is 424 g/mol. The van der Waals surface area contributed by atoms with E-state index in [-0.39, 0.29) is 10.5 Å². The normalized spacial score (nSPS) is 11.6. The van der Waals surface area contributed by atoms with Gasteiger partial charge in [0.15, 0.2) is 0 Å². The highest BCUT2D eigenvalue weighted by molar-refractivity contribution is 7.92. The third-order valence-electron chi connectivity index (χ3n) is 4.11. The summed E-state index contributed by atoms with van der Waals surface area (Å²) in [7, 11) is -2.35. The van der Waals surface area contributed by atoms with E-state index in [0.29, 0.717) is 22.8 Å². The van der Waals surface area contributed by atoms with Crippen LogP contribution in [0.1, 0.15) is 23.0 Å². The van der Waals surface area contributed by atoms with Gasteiger partial charge in [-0.2, -0.15) is 5.10 Å². The van der Waals surface area contributed by atoms with E-state index in [1.807, 2.05) is 6.07 Å². The SMILES string of the molecule is COc1ccc(NS(=O)(=O)c2cccc(C(=O)N/N=C(/C)c3ccccn3)c2)cc1. The number of methoxy groups -OCH3 is 1. The van der Waals surface area contributed by atoms with Crippen LogP contribution in [0.15, 0.2) is 82.9 Å². The molecule has 154 valence electrons. The summed E-state index contributed by atoms with van der Waals surface area (Å²) in [5, 5.41) is 4.02. The molecule has 0 atom stereocenters. The minimum absolute atomic E-state index is 0.0450. The van der Waals surface area contributed by atoms with Gasteiger partial charge in [-0.1, -0.05) is 12.1 Å². The first-order chi connectivity index (χ1) is 14.4. The van der Waals surface area contributed by atoms with E-state index >= 15 is 0 Å². The smallest absolute Gasteiger partial charge is 0.271 e. The van der Waals surface area contributed by atoms with Crippen LogP contribution in [-0.4, -0.2) is 32.1 Å². The Kier molecular flexibility index (Phi) is 6.43. The molecule has 0 aliphatic rings. The van der Waals surface area contributed by atoms with Gasteiger partial charge < -0.3 is 4.74 Å². The average Bonchev–Trinajstić information content (AvgIpc) is 2.78. The first-order valence-electron chi connectivity index (χ1n) is 8.92. The van der Waals surface area contributed by atoms with Crippen molar-refractivity contribution >= 4 is 27.3 Å². The summed E-state index contributed by atoms with van der Waals surface area (Å²) in [6.45, 7) is 1.71. The topological polar surface area (TPSA) is 110 Å². The van der Waals surface area contributed by atoms with Gasteiger partial charge in [-0.25, -0.2) is 13.8 Å². The van der Waals surface area contributed by atoms with Crippen molar-refractivity contribution in [3.8, 4) is 5.75 Å². The van der Waals surface area contributed by atoms with Crippen molar-refractivity contribution in [3.05, 3.63) is 84.2 Å². The molecule has 2 aromatic carbocycles. The Bertz CT molecular complexity index is 1160. The molecule has 3 aromatic rings. The van der Waals surface area contributed by atoms with Crippen LogP contribution >= 0.6 is 0 Å². The number of hydrazone groups is 1. The quantitative estimate of drug-likeness (QED) is 0.447. The number of hydrogen-bond acceptors (Lipinski definition) is 6. The maximum atomic E-state index is 12.7. The highest BCUT2D eigenvalue weighted by Crippen LogP contribution is 2.20. The maximum Gasteiger partial charge on any atom is 0.271 e. The number of rotatable bonds is 7. The number of benzene rings is 2.